The van der Waals surface area contributed by atoms with E-state index in [0.717, 1.165) is 23.4 Å². The van der Waals surface area contributed by atoms with Crippen LogP contribution in [0, 0.1) is 0 Å². The number of carbonyl (C=O) groups excluding carboxylic acids is 2. The quantitative estimate of drug-likeness (QED) is 0.296. The molecule has 2 aromatic heterocycles. The fourth-order valence-electron chi connectivity index (χ4n) is 6.59. The topological polar surface area (TPSA) is 106 Å². The summed E-state index contributed by atoms with van der Waals surface area (Å²) in [6.45, 7) is 2.79. The van der Waals surface area contributed by atoms with Gasteiger partial charge < -0.3 is 19.3 Å². The van der Waals surface area contributed by atoms with Crippen LogP contribution in [-0.2, 0) is 35.4 Å². The number of benzene rings is 2. The summed E-state index contributed by atoms with van der Waals surface area (Å²) in [4.78, 5) is 37.8. The van der Waals surface area contributed by atoms with Gasteiger partial charge in [-0.1, -0.05) is 41.6 Å². The summed E-state index contributed by atoms with van der Waals surface area (Å²) in [6, 6.07) is 17.2. The number of rotatable bonds is 7. The third kappa shape index (κ3) is 6.90. The zero-order valence-corrected chi connectivity index (χ0v) is 26.0. The van der Waals surface area contributed by atoms with Gasteiger partial charge in [0, 0.05) is 45.3 Å². The number of halogens is 3. The van der Waals surface area contributed by atoms with Gasteiger partial charge >= 0.3 is 6.18 Å². The van der Waals surface area contributed by atoms with E-state index in [1.807, 2.05) is 48.5 Å². The minimum atomic E-state index is -4.66. The molecule has 4 aromatic rings. The molecule has 3 aliphatic heterocycles. The molecule has 0 spiro atoms. The molecule has 2 amide bonds. The Morgan fingerprint density at radius 3 is 2.54 bits per heavy atom. The molecular formula is C34H34F3N7O4. The average molecular weight is 662 g/mol. The lowest BCUT2D eigenvalue weighted by Crippen LogP contribution is -2.61. The molecule has 0 unspecified atom stereocenters. The first-order chi connectivity index (χ1) is 23.2. The second-order valence-corrected chi connectivity index (χ2v) is 12.3. The first kappa shape index (κ1) is 31.8. The third-order valence-corrected chi connectivity index (χ3v) is 8.98. The molecule has 0 saturated carbocycles. The van der Waals surface area contributed by atoms with Gasteiger partial charge in [-0.05, 0) is 35.9 Å². The van der Waals surface area contributed by atoms with Crippen molar-refractivity contribution < 1.29 is 32.2 Å². The number of hydrogen-bond acceptors (Lipinski definition) is 8. The van der Waals surface area contributed by atoms with E-state index < -0.39 is 29.8 Å². The SMILES string of the molecule is O=C1[C@@H]2C[C@@H](OCc3cn(Cc4ccccn4)nn3)CN2C(=O)c2cc(C(F)(F)F)ccc2OC[C@@H]2CN(Cc3ccccc3)CCN12. The number of fused-ring (bicyclic) bond motifs is 3. The third-order valence-electron chi connectivity index (χ3n) is 8.98. The number of aromatic nitrogens is 4. The van der Waals surface area contributed by atoms with Gasteiger partial charge in [0.1, 0.15) is 24.1 Å². The molecule has 11 nitrogen and oxygen atoms in total. The smallest absolute Gasteiger partial charge is 0.416 e. The second kappa shape index (κ2) is 13.4. The Bertz CT molecular complexity index is 1750. The molecule has 2 aromatic carbocycles. The molecule has 2 fully saturated rings. The van der Waals surface area contributed by atoms with Crippen molar-refractivity contribution in [2.24, 2.45) is 0 Å². The molecule has 0 N–H and O–H groups in total. The molecule has 0 radical (unpaired) electrons. The summed E-state index contributed by atoms with van der Waals surface area (Å²) in [6.07, 6.45) is -1.59. The first-order valence-corrected chi connectivity index (χ1v) is 15.8. The standard InChI is InChI=1S/C34H34F3N7O4/c35-34(36,37)24-9-10-31-29(14-24)32(45)44-20-28(47-21-26-18-42(40-39-26)17-25-8-4-5-11-38-25)15-30(44)33(46)43-13-12-41(19-27(43)22-48-31)16-23-6-2-1-3-7-23/h1-11,14,18,27-28,30H,12-13,15-17,19-22H2/t27-,28+,30-/m0/s1. The molecule has 5 heterocycles. The van der Waals surface area contributed by atoms with Gasteiger partial charge in [-0.15, -0.1) is 5.10 Å². The van der Waals surface area contributed by atoms with Gasteiger partial charge in [0.2, 0.25) is 5.91 Å². The molecular weight excluding hydrogens is 627 g/mol. The summed E-state index contributed by atoms with van der Waals surface area (Å²) in [5.74, 6) is -0.919. The average Bonchev–Trinajstić information content (AvgIpc) is 3.73. The van der Waals surface area contributed by atoms with Crippen molar-refractivity contribution in [1.29, 1.82) is 0 Å². The van der Waals surface area contributed by atoms with Crippen molar-refractivity contribution in [3.8, 4) is 5.75 Å². The van der Waals surface area contributed by atoms with Crippen molar-refractivity contribution in [3.63, 3.8) is 0 Å². The van der Waals surface area contributed by atoms with Crippen LogP contribution in [0.15, 0.2) is 79.1 Å². The number of nitrogens with zero attached hydrogens (tertiary/aromatic N) is 7. The van der Waals surface area contributed by atoms with E-state index in [4.69, 9.17) is 9.47 Å². The van der Waals surface area contributed by atoms with Crippen molar-refractivity contribution in [2.45, 2.75) is 50.5 Å². The number of carbonyl (C=O) groups is 2. The van der Waals surface area contributed by atoms with Crippen LogP contribution in [0.25, 0.3) is 0 Å². The van der Waals surface area contributed by atoms with Gasteiger partial charge in [-0.25, -0.2) is 4.68 Å². The Morgan fingerprint density at radius 2 is 1.75 bits per heavy atom. The van der Waals surface area contributed by atoms with Gasteiger partial charge in [-0.3, -0.25) is 19.5 Å². The van der Waals surface area contributed by atoms with Crippen LogP contribution in [0.3, 0.4) is 0 Å². The van der Waals surface area contributed by atoms with Crippen LogP contribution >= 0.6 is 0 Å². The van der Waals surface area contributed by atoms with Gasteiger partial charge in [0.05, 0.1) is 48.3 Å². The van der Waals surface area contributed by atoms with E-state index in [2.05, 4.69) is 20.2 Å². The summed E-state index contributed by atoms with van der Waals surface area (Å²) < 4.78 is 55.1. The van der Waals surface area contributed by atoms with Crippen LogP contribution < -0.4 is 4.74 Å². The van der Waals surface area contributed by atoms with E-state index in [9.17, 15) is 22.8 Å². The summed E-state index contributed by atoms with van der Waals surface area (Å²) in [5.41, 5.74) is 1.31. The maximum Gasteiger partial charge on any atom is 0.416 e. The Kier molecular flexibility index (Phi) is 8.84. The Balaban J connectivity index is 1.12. The molecule has 3 aliphatic rings. The van der Waals surface area contributed by atoms with Crippen molar-refractivity contribution in [1.82, 2.24) is 34.7 Å². The van der Waals surface area contributed by atoms with E-state index in [0.29, 0.717) is 38.4 Å². The first-order valence-electron chi connectivity index (χ1n) is 15.8. The van der Waals surface area contributed by atoms with Crippen molar-refractivity contribution in [2.75, 3.05) is 32.8 Å². The lowest BCUT2D eigenvalue weighted by atomic mass is 10.0. The van der Waals surface area contributed by atoms with Crippen molar-refractivity contribution in [3.05, 3.63) is 107 Å². The Hall–Kier alpha value is -4.82. The number of hydrogen-bond donors (Lipinski definition) is 0. The fraction of sp³-hybridized carbons (Fsp3) is 0.382. The summed E-state index contributed by atoms with van der Waals surface area (Å²) in [5, 5.41) is 8.32. The highest BCUT2D eigenvalue weighted by molar-refractivity contribution is 6.00. The highest BCUT2D eigenvalue weighted by Gasteiger charge is 2.46. The molecule has 0 aliphatic carbocycles. The maximum absolute atomic E-state index is 14.2. The van der Waals surface area contributed by atoms with Gasteiger partial charge in [-0.2, -0.15) is 13.2 Å². The lowest BCUT2D eigenvalue weighted by Gasteiger charge is -2.43. The van der Waals surface area contributed by atoms with E-state index in [-0.39, 0.29) is 49.4 Å². The number of pyridine rings is 1. The minimum absolute atomic E-state index is 0.0195. The minimum Gasteiger partial charge on any atom is -0.491 e. The molecule has 48 heavy (non-hydrogen) atoms. The van der Waals surface area contributed by atoms with E-state index >= 15 is 0 Å². The lowest BCUT2D eigenvalue weighted by molar-refractivity contribution is -0.142. The van der Waals surface area contributed by atoms with Crippen LogP contribution in [0.1, 0.15) is 39.3 Å². The second-order valence-electron chi connectivity index (χ2n) is 12.3. The normalized spacial score (nSPS) is 21.8. The van der Waals surface area contributed by atoms with Crippen LogP contribution in [0.2, 0.25) is 0 Å². The fourth-order valence-corrected chi connectivity index (χ4v) is 6.59. The number of ether oxygens (including phenoxy) is 2. The Labute approximate surface area is 274 Å². The molecule has 250 valence electrons. The molecule has 0 bridgehead atoms. The number of alkyl halides is 3. The van der Waals surface area contributed by atoms with Gasteiger partial charge in [0.25, 0.3) is 5.91 Å². The molecule has 7 rings (SSSR count). The highest BCUT2D eigenvalue weighted by atomic mass is 19.4. The summed E-state index contributed by atoms with van der Waals surface area (Å²) >= 11 is 0. The zero-order chi connectivity index (χ0) is 33.3. The van der Waals surface area contributed by atoms with Crippen molar-refractivity contribution >= 4 is 11.8 Å². The predicted octanol–water partition coefficient (Wildman–Crippen LogP) is 3.65. The monoisotopic (exact) mass is 661 g/mol. The molecule has 2 saturated heterocycles. The molecule has 3 atom stereocenters. The van der Waals surface area contributed by atoms with Crippen LogP contribution in [0.4, 0.5) is 13.2 Å². The summed E-state index contributed by atoms with van der Waals surface area (Å²) in [7, 11) is 0. The predicted molar refractivity (Wildman–Crippen MR) is 166 cm³/mol. The van der Waals surface area contributed by atoms with Crippen LogP contribution in [-0.4, -0.2) is 97.5 Å². The van der Waals surface area contributed by atoms with Gasteiger partial charge in [0.15, 0.2) is 0 Å². The Morgan fingerprint density at radius 1 is 0.917 bits per heavy atom. The zero-order valence-electron chi connectivity index (χ0n) is 26.0. The maximum atomic E-state index is 14.2. The number of amides is 2. The molecule has 14 heteroatoms. The highest BCUT2D eigenvalue weighted by Crippen LogP contribution is 2.36. The van der Waals surface area contributed by atoms with E-state index in [1.54, 1.807) is 22.0 Å². The largest absolute Gasteiger partial charge is 0.491 e. The van der Waals surface area contributed by atoms with E-state index in [1.165, 1.54) is 11.0 Å². The number of piperazine rings is 1. The van der Waals surface area contributed by atoms with Crippen LogP contribution in [0.5, 0.6) is 5.75 Å².